The summed E-state index contributed by atoms with van der Waals surface area (Å²) in [4.78, 5) is 10.0. The summed E-state index contributed by atoms with van der Waals surface area (Å²) in [5, 5.41) is 2.21. The van der Waals surface area contributed by atoms with Crippen LogP contribution in [0.1, 0.15) is 22.3 Å². The van der Waals surface area contributed by atoms with E-state index in [9.17, 15) is 0 Å². The van der Waals surface area contributed by atoms with Gasteiger partial charge in [-0.25, -0.2) is 0 Å². The standard InChI is InChI=1S/C64H46B2N4O/c1-39-19-15-20-40(2)63(39)69-55-33-17-31-53-61(55)65(47-27-11-13-29-51(47)67(53)43-23-7-5-8-24-43)49-37-59-45(35-57(49)69)46-36-58-50(38-60(46)71-59)66-48-28-12-14-30-52(48)68(44-25-9-6-10-26-44)54-32-18-34-56(62(54)66)70(58)64-41(3)21-16-22-42(64)4/h5-38H,1-4H3. The van der Waals surface area contributed by atoms with E-state index < -0.39 is 0 Å². The fourth-order valence-corrected chi connectivity index (χ4v) is 13.0. The first-order chi connectivity index (χ1) is 34.9. The number of benzene rings is 10. The van der Waals surface area contributed by atoms with Crippen LogP contribution in [0.5, 0.6) is 0 Å². The lowest BCUT2D eigenvalue weighted by Gasteiger charge is -2.44. The Morgan fingerprint density at radius 2 is 0.634 bits per heavy atom. The smallest absolute Gasteiger partial charge is 0.252 e. The first-order valence-corrected chi connectivity index (χ1v) is 24.8. The van der Waals surface area contributed by atoms with Crippen LogP contribution < -0.4 is 52.4 Å². The normalized spacial score (nSPS) is 13.7. The van der Waals surface area contributed by atoms with Gasteiger partial charge in [-0.15, -0.1) is 0 Å². The second-order valence-corrected chi connectivity index (χ2v) is 19.8. The molecule has 4 aliphatic rings. The summed E-state index contributed by atoms with van der Waals surface area (Å²) in [6, 6.07) is 76.4. The van der Waals surface area contributed by atoms with Gasteiger partial charge in [-0.3, -0.25) is 0 Å². The molecule has 0 saturated carbocycles. The van der Waals surface area contributed by atoms with E-state index in [1.54, 1.807) is 0 Å². The molecule has 7 heteroatoms. The average molecular weight is 909 g/mol. The number of para-hydroxylation sites is 6. The predicted molar refractivity (Wildman–Crippen MR) is 301 cm³/mol. The summed E-state index contributed by atoms with van der Waals surface area (Å²) >= 11 is 0. The van der Waals surface area contributed by atoms with Crippen molar-refractivity contribution < 1.29 is 4.42 Å². The minimum atomic E-state index is -0.0301. The molecule has 0 spiro atoms. The highest BCUT2D eigenvalue weighted by molar-refractivity contribution is 7.01. The van der Waals surface area contributed by atoms with Crippen molar-refractivity contribution in [2.45, 2.75) is 27.7 Å². The Labute approximate surface area is 414 Å². The molecule has 0 N–H and O–H groups in total. The highest BCUT2D eigenvalue weighted by Crippen LogP contribution is 2.50. The summed E-state index contributed by atoms with van der Waals surface area (Å²) in [5.41, 5.74) is 28.6. The highest BCUT2D eigenvalue weighted by atomic mass is 16.3. The van der Waals surface area contributed by atoms with Crippen LogP contribution in [0.4, 0.5) is 68.2 Å². The molecule has 334 valence electrons. The van der Waals surface area contributed by atoms with Gasteiger partial charge in [0.1, 0.15) is 11.2 Å². The van der Waals surface area contributed by atoms with Gasteiger partial charge in [-0.2, -0.15) is 0 Å². The number of rotatable bonds is 4. The van der Waals surface area contributed by atoms with E-state index in [4.69, 9.17) is 4.42 Å². The summed E-state index contributed by atoms with van der Waals surface area (Å²) in [6.45, 7) is 8.94. The molecule has 4 aliphatic heterocycles. The van der Waals surface area contributed by atoms with Gasteiger partial charge in [0.2, 0.25) is 0 Å². The Morgan fingerprint density at radius 1 is 0.296 bits per heavy atom. The van der Waals surface area contributed by atoms with Crippen molar-refractivity contribution in [2.24, 2.45) is 0 Å². The van der Waals surface area contributed by atoms with E-state index in [1.807, 2.05) is 0 Å². The number of furan rings is 1. The highest BCUT2D eigenvalue weighted by Gasteiger charge is 2.46. The van der Waals surface area contributed by atoms with Gasteiger partial charge in [0.05, 0.1) is 11.4 Å². The van der Waals surface area contributed by atoms with Crippen molar-refractivity contribution in [1.82, 2.24) is 0 Å². The molecule has 15 rings (SSSR count). The van der Waals surface area contributed by atoms with Crippen molar-refractivity contribution in [1.29, 1.82) is 0 Å². The van der Waals surface area contributed by atoms with E-state index >= 15 is 0 Å². The zero-order valence-corrected chi connectivity index (χ0v) is 40.0. The second kappa shape index (κ2) is 14.9. The third kappa shape index (κ3) is 5.54. The minimum Gasteiger partial charge on any atom is -0.456 e. The summed E-state index contributed by atoms with van der Waals surface area (Å²) in [5.74, 6) is 0. The number of fused-ring (bicyclic) bond motifs is 11. The molecule has 11 aromatic rings. The van der Waals surface area contributed by atoms with Crippen LogP contribution in [-0.2, 0) is 0 Å². The molecule has 0 atom stereocenters. The van der Waals surface area contributed by atoms with E-state index in [2.05, 4.69) is 254 Å². The molecule has 5 heterocycles. The summed E-state index contributed by atoms with van der Waals surface area (Å²) in [7, 11) is 0. The molecular weight excluding hydrogens is 862 g/mol. The van der Waals surface area contributed by atoms with E-state index in [0.29, 0.717) is 0 Å². The van der Waals surface area contributed by atoms with E-state index in [-0.39, 0.29) is 13.4 Å². The maximum Gasteiger partial charge on any atom is 0.252 e. The number of nitrogens with zero attached hydrogens (tertiary/aromatic N) is 4. The first-order valence-electron chi connectivity index (χ1n) is 24.8. The average Bonchev–Trinajstić information content (AvgIpc) is 3.75. The third-order valence-corrected chi connectivity index (χ3v) is 15.9. The lowest BCUT2D eigenvalue weighted by Crippen LogP contribution is -2.61. The molecule has 0 saturated heterocycles. The Kier molecular flexibility index (Phi) is 8.45. The molecule has 0 amide bonds. The summed E-state index contributed by atoms with van der Waals surface area (Å²) in [6.07, 6.45) is 0. The van der Waals surface area contributed by atoms with Crippen molar-refractivity contribution in [3.63, 3.8) is 0 Å². The largest absolute Gasteiger partial charge is 0.456 e. The van der Waals surface area contributed by atoms with Crippen molar-refractivity contribution in [3.05, 3.63) is 229 Å². The van der Waals surface area contributed by atoms with Crippen LogP contribution in [0.3, 0.4) is 0 Å². The SMILES string of the molecule is Cc1cccc(C)c1N1c2cc3c(cc2B2c4ccccc4N(c4ccccc4)c4cccc1c42)oc1cc2c(cc13)N(c1c(C)cccc1C)c1cccc3c1B2c1ccccc1N3c1ccccc1. The lowest BCUT2D eigenvalue weighted by molar-refractivity contribution is 0.669. The molecule has 1 aromatic heterocycles. The molecule has 0 fully saturated rings. The minimum absolute atomic E-state index is 0.0301. The van der Waals surface area contributed by atoms with Gasteiger partial charge in [0.25, 0.3) is 13.4 Å². The predicted octanol–water partition coefficient (Wildman–Crippen LogP) is 13.0. The zero-order valence-electron chi connectivity index (χ0n) is 40.0. The maximum absolute atomic E-state index is 7.32. The van der Waals surface area contributed by atoms with Crippen molar-refractivity contribution in [3.8, 4) is 0 Å². The molecule has 0 aliphatic carbocycles. The number of hydrogen-bond donors (Lipinski definition) is 0. The number of hydrogen-bond acceptors (Lipinski definition) is 5. The molecule has 0 radical (unpaired) electrons. The fraction of sp³-hybridized carbons (Fsp3) is 0.0625. The lowest BCUT2D eigenvalue weighted by atomic mass is 9.33. The van der Waals surface area contributed by atoms with E-state index in [1.165, 1.54) is 112 Å². The van der Waals surface area contributed by atoms with Crippen LogP contribution in [-0.4, -0.2) is 13.4 Å². The maximum atomic E-state index is 7.32. The van der Waals surface area contributed by atoms with Gasteiger partial charge < -0.3 is 24.0 Å². The topological polar surface area (TPSA) is 26.1 Å². The second-order valence-electron chi connectivity index (χ2n) is 19.8. The molecule has 0 bridgehead atoms. The molecular formula is C64H46B2N4O. The quantitative estimate of drug-likeness (QED) is 0.164. The Hall–Kier alpha value is -8.67. The monoisotopic (exact) mass is 908 g/mol. The van der Waals surface area contributed by atoms with Crippen LogP contribution in [0.25, 0.3) is 21.9 Å². The third-order valence-electron chi connectivity index (χ3n) is 15.9. The Bertz CT molecular complexity index is 3750. The molecule has 71 heavy (non-hydrogen) atoms. The first kappa shape index (κ1) is 40.2. The molecule has 5 nitrogen and oxygen atoms in total. The Morgan fingerprint density at radius 3 is 1.04 bits per heavy atom. The zero-order chi connectivity index (χ0) is 47.2. The Balaban J connectivity index is 1.02. The van der Waals surface area contributed by atoms with Gasteiger partial charge in [-0.05, 0) is 168 Å². The van der Waals surface area contributed by atoms with Crippen LogP contribution in [0, 0.1) is 27.7 Å². The van der Waals surface area contributed by atoms with Gasteiger partial charge in [-0.1, -0.05) is 121 Å². The van der Waals surface area contributed by atoms with E-state index in [0.717, 1.165) is 33.3 Å². The fourth-order valence-electron chi connectivity index (χ4n) is 13.0. The van der Waals surface area contributed by atoms with Gasteiger partial charge in [0, 0.05) is 67.6 Å². The molecule has 10 aromatic carbocycles. The number of aryl methyl sites for hydroxylation is 4. The van der Waals surface area contributed by atoms with Gasteiger partial charge >= 0.3 is 0 Å². The van der Waals surface area contributed by atoms with Crippen LogP contribution >= 0.6 is 0 Å². The van der Waals surface area contributed by atoms with Crippen molar-refractivity contribution >= 4 is 136 Å². The van der Waals surface area contributed by atoms with Crippen LogP contribution in [0.15, 0.2) is 211 Å². The molecule has 0 unspecified atom stereocenters. The summed E-state index contributed by atoms with van der Waals surface area (Å²) < 4.78 is 7.32. The van der Waals surface area contributed by atoms with Gasteiger partial charge in [0.15, 0.2) is 0 Å². The number of anilines is 12. The van der Waals surface area contributed by atoms with Crippen molar-refractivity contribution in [2.75, 3.05) is 19.6 Å². The van der Waals surface area contributed by atoms with Crippen LogP contribution in [0.2, 0.25) is 0 Å².